The lowest BCUT2D eigenvalue weighted by atomic mass is 9.80. The Morgan fingerprint density at radius 2 is 1.61 bits per heavy atom. The van der Waals surface area contributed by atoms with Gasteiger partial charge in [-0.2, -0.15) is 0 Å². The van der Waals surface area contributed by atoms with E-state index in [1.807, 2.05) is 6.92 Å². The van der Waals surface area contributed by atoms with E-state index in [1.54, 1.807) is 25.1 Å². The van der Waals surface area contributed by atoms with Gasteiger partial charge < -0.3 is 39.1 Å². The Hall–Kier alpha value is -3.37. The first kappa shape index (κ1) is 24.3. The van der Waals surface area contributed by atoms with Crippen LogP contribution in [-0.2, 0) is 4.74 Å². The molecule has 1 aromatic heterocycles. The predicted molar refractivity (Wildman–Crippen MR) is 133 cm³/mol. The lowest BCUT2D eigenvalue weighted by Crippen LogP contribution is -2.61. The minimum atomic E-state index is -1.89. The SMILES string of the molecule is COc1cc2c(oc(=O)c3cc(C)cc(OC)c32)c2c([C@@H]3O[C@H](C)[C@@H](O)[C@@](C)(O)[C@@H]3O)ccc(O)c12. The third kappa shape index (κ3) is 3.35. The Morgan fingerprint density at radius 1 is 0.944 bits per heavy atom. The van der Waals surface area contributed by atoms with Crippen LogP contribution in [0.15, 0.2) is 39.5 Å². The Labute approximate surface area is 206 Å². The zero-order valence-corrected chi connectivity index (χ0v) is 20.5. The van der Waals surface area contributed by atoms with Crippen LogP contribution in [0.25, 0.3) is 32.5 Å². The average Bonchev–Trinajstić information content (AvgIpc) is 2.85. The zero-order chi connectivity index (χ0) is 26.1. The maximum absolute atomic E-state index is 13.2. The number of phenolic OH excluding ortho intramolecular Hbond substituents is 1. The Bertz CT molecular complexity index is 1570. The highest BCUT2D eigenvalue weighted by molar-refractivity contribution is 6.19. The van der Waals surface area contributed by atoms with Crippen molar-refractivity contribution in [1.82, 2.24) is 0 Å². The molecule has 0 unspecified atom stereocenters. The van der Waals surface area contributed by atoms with E-state index >= 15 is 0 Å². The lowest BCUT2D eigenvalue weighted by molar-refractivity contribution is -0.261. The molecule has 0 saturated carbocycles. The van der Waals surface area contributed by atoms with E-state index in [9.17, 15) is 25.2 Å². The number of rotatable bonds is 3. The van der Waals surface area contributed by atoms with Crippen molar-refractivity contribution in [1.29, 1.82) is 0 Å². The van der Waals surface area contributed by atoms with Crippen LogP contribution >= 0.6 is 0 Å². The van der Waals surface area contributed by atoms with Crippen molar-refractivity contribution < 1.29 is 39.1 Å². The summed E-state index contributed by atoms with van der Waals surface area (Å²) in [6, 6.07) is 8.11. The van der Waals surface area contributed by atoms with Crippen molar-refractivity contribution in [3.63, 3.8) is 0 Å². The second kappa shape index (κ2) is 8.35. The molecule has 0 radical (unpaired) electrons. The van der Waals surface area contributed by atoms with Gasteiger partial charge >= 0.3 is 5.63 Å². The molecule has 0 aliphatic carbocycles. The summed E-state index contributed by atoms with van der Waals surface area (Å²) in [6.45, 7) is 4.75. The van der Waals surface area contributed by atoms with Gasteiger partial charge in [0, 0.05) is 16.2 Å². The van der Waals surface area contributed by atoms with E-state index in [0.29, 0.717) is 33.2 Å². The monoisotopic (exact) mass is 496 g/mol. The topological polar surface area (TPSA) is 139 Å². The molecule has 4 aromatic rings. The Kier molecular flexibility index (Phi) is 5.64. The van der Waals surface area contributed by atoms with Gasteiger partial charge in [0.2, 0.25) is 0 Å². The second-order valence-corrected chi connectivity index (χ2v) is 9.54. The van der Waals surface area contributed by atoms with Gasteiger partial charge in [-0.1, -0.05) is 6.07 Å². The summed E-state index contributed by atoms with van der Waals surface area (Å²) in [7, 11) is 2.95. The first-order valence-corrected chi connectivity index (χ1v) is 11.5. The minimum Gasteiger partial charge on any atom is -0.507 e. The number of benzene rings is 3. The first-order chi connectivity index (χ1) is 17.0. The van der Waals surface area contributed by atoms with Gasteiger partial charge in [0.15, 0.2) is 0 Å². The Balaban J connectivity index is 1.97. The van der Waals surface area contributed by atoms with Crippen LogP contribution < -0.4 is 15.1 Å². The molecule has 9 nitrogen and oxygen atoms in total. The standard InChI is InChI=1S/C27H28O9/c1-11-8-15-19(17(9-11)33-4)14-10-18(34-5)21-16(28)7-6-13(20(21)22(14)36-26(15)31)23-25(30)27(3,32)24(29)12(2)35-23/h6-10,12,23-25,28-30,32H,1-5H3/t12-,23+,24-,25-,27-/m1/s1. The minimum absolute atomic E-state index is 0.130. The van der Waals surface area contributed by atoms with Gasteiger partial charge in [0.05, 0.1) is 31.1 Å². The molecule has 2 heterocycles. The highest BCUT2D eigenvalue weighted by Crippen LogP contribution is 2.48. The normalized spacial score (nSPS) is 26.6. The number of hydrogen-bond donors (Lipinski definition) is 4. The van der Waals surface area contributed by atoms with Crippen molar-refractivity contribution >= 4 is 32.5 Å². The number of fused-ring (bicyclic) bond motifs is 5. The van der Waals surface area contributed by atoms with E-state index in [4.69, 9.17) is 18.6 Å². The summed E-state index contributed by atoms with van der Waals surface area (Å²) in [5.41, 5.74) is -1.22. The van der Waals surface area contributed by atoms with Crippen molar-refractivity contribution in [3.8, 4) is 17.2 Å². The van der Waals surface area contributed by atoms with E-state index in [1.165, 1.54) is 33.3 Å². The summed E-state index contributed by atoms with van der Waals surface area (Å²) in [5, 5.41) is 45.0. The summed E-state index contributed by atoms with van der Waals surface area (Å²) < 4.78 is 23.0. The third-order valence-electron chi connectivity index (χ3n) is 7.18. The molecular weight excluding hydrogens is 468 g/mol. The number of aliphatic hydroxyl groups is 3. The zero-order valence-electron chi connectivity index (χ0n) is 20.5. The quantitative estimate of drug-likeness (QED) is 0.249. The fraction of sp³-hybridized carbons (Fsp3) is 0.370. The maximum Gasteiger partial charge on any atom is 0.344 e. The Morgan fingerprint density at radius 3 is 2.28 bits per heavy atom. The van der Waals surface area contributed by atoms with E-state index in [2.05, 4.69) is 0 Å². The number of aromatic hydroxyl groups is 1. The number of phenols is 1. The smallest absolute Gasteiger partial charge is 0.344 e. The predicted octanol–water partition coefficient (Wildman–Crippen LogP) is 3.06. The number of ether oxygens (including phenoxy) is 3. The van der Waals surface area contributed by atoms with Crippen LogP contribution in [0.3, 0.4) is 0 Å². The molecule has 36 heavy (non-hydrogen) atoms. The fourth-order valence-electron chi connectivity index (χ4n) is 5.28. The van der Waals surface area contributed by atoms with Crippen LogP contribution in [0.4, 0.5) is 0 Å². The summed E-state index contributed by atoms with van der Waals surface area (Å²) in [6.07, 6.45) is -4.84. The number of methoxy groups -OCH3 is 2. The van der Waals surface area contributed by atoms with Gasteiger partial charge in [-0.25, -0.2) is 4.79 Å². The highest BCUT2D eigenvalue weighted by Gasteiger charge is 2.51. The first-order valence-electron chi connectivity index (χ1n) is 11.5. The maximum atomic E-state index is 13.2. The fourth-order valence-corrected chi connectivity index (χ4v) is 5.28. The van der Waals surface area contributed by atoms with Gasteiger partial charge in [-0.05, 0) is 56.2 Å². The number of hydrogen-bond acceptors (Lipinski definition) is 9. The van der Waals surface area contributed by atoms with E-state index in [0.717, 1.165) is 5.56 Å². The molecule has 1 aliphatic rings. The molecule has 1 fully saturated rings. The van der Waals surface area contributed by atoms with Crippen LogP contribution in [0, 0.1) is 6.92 Å². The molecule has 190 valence electrons. The van der Waals surface area contributed by atoms with Crippen LogP contribution in [0.5, 0.6) is 17.2 Å². The van der Waals surface area contributed by atoms with Gasteiger partial charge in [0.1, 0.15) is 46.7 Å². The summed E-state index contributed by atoms with van der Waals surface area (Å²) in [5.74, 6) is 0.607. The van der Waals surface area contributed by atoms with Gasteiger partial charge in [-0.3, -0.25) is 0 Å². The number of aryl methyl sites for hydroxylation is 1. The van der Waals surface area contributed by atoms with Crippen LogP contribution in [0.1, 0.15) is 31.1 Å². The summed E-state index contributed by atoms with van der Waals surface area (Å²) >= 11 is 0. The largest absolute Gasteiger partial charge is 0.507 e. The molecule has 1 aliphatic heterocycles. The highest BCUT2D eigenvalue weighted by atomic mass is 16.5. The molecule has 9 heteroatoms. The van der Waals surface area contributed by atoms with Gasteiger partial charge in [0.25, 0.3) is 0 Å². The molecule has 1 saturated heterocycles. The average molecular weight is 497 g/mol. The summed E-state index contributed by atoms with van der Waals surface area (Å²) in [4.78, 5) is 13.2. The van der Waals surface area contributed by atoms with Crippen LogP contribution in [0.2, 0.25) is 0 Å². The van der Waals surface area contributed by atoms with E-state index < -0.39 is 35.6 Å². The molecule has 4 N–H and O–H groups in total. The molecule has 5 atom stereocenters. The molecule has 0 spiro atoms. The van der Waals surface area contributed by atoms with Crippen molar-refractivity contribution in [3.05, 3.63) is 51.9 Å². The molecular formula is C27H28O9. The molecule has 3 aromatic carbocycles. The van der Waals surface area contributed by atoms with Crippen molar-refractivity contribution in [2.45, 2.75) is 50.8 Å². The number of aliphatic hydroxyl groups excluding tert-OH is 2. The van der Waals surface area contributed by atoms with Crippen molar-refractivity contribution in [2.24, 2.45) is 0 Å². The van der Waals surface area contributed by atoms with Crippen molar-refractivity contribution in [2.75, 3.05) is 14.2 Å². The molecule has 0 bridgehead atoms. The molecule has 0 amide bonds. The second-order valence-electron chi connectivity index (χ2n) is 9.54. The van der Waals surface area contributed by atoms with Crippen LogP contribution in [-0.4, -0.2) is 58.6 Å². The van der Waals surface area contributed by atoms with E-state index in [-0.39, 0.29) is 22.1 Å². The van der Waals surface area contributed by atoms with Gasteiger partial charge in [-0.15, -0.1) is 0 Å². The molecule has 5 rings (SSSR count). The lowest BCUT2D eigenvalue weighted by Gasteiger charge is -2.46. The third-order valence-corrected chi connectivity index (χ3v) is 7.18.